The van der Waals surface area contributed by atoms with Gasteiger partial charge < -0.3 is 10.8 Å². The molecule has 4 N–H and O–H groups in total. The topological polar surface area (TPSA) is 73.3 Å². The summed E-state index contributed by atoms with van der Waals surface area (Å²) in [6.45, 7) is 2.39. The molecule has 1 aliphatic heterocycles. The number of amidine groups is 1. The lowest BCUT2D eigenvalue weighted by molar-refractivity contribution is 0.0701. The molecule has 1 fully saturated rings. The Balaban J connectivity index is 2.05. The molecule has 1 aromatic carbocycles. The number of benzene rings is 1. The summed E-state index contributed by atoms with van der Waals surface area (Å²) in [5.41, 5.74) is 6.79. The number of aliphatic hydroxyl groups is 1. The highest BCUT2D eigenvalue weighted by atomic mass is 16.3. The van der Waals surface area contributed by atoms with Crippen molar-refractivity contribution in [2.24, 2.45) is 5.73 Å². The van der Waals surface area contributed by atoms with E-state index in [1.165, 1.54) is 0 Å². The quantitative estimate of drug-likeness (QED) is 0.552. The van der Waals surface area contributed by atoms with Gasteiger partial charge in [0.05, 0.1) is 17.9 Å². The predicted molar refractivity (Wildman–Crippen MR) is 72.8 cm³/mol. The van der Waals surface area contributed by atoms with Gasteiger partial charge in [0.2, 0.25) is 0 Å². The van der Waals surface area contributed by atoms with Gasteiger partial charge in [-0.1, -0.05) is 30.3 Å². The monoisotopic (exact) mass is 247 g/mol. The summed E-state index contributed by atoms with van der Waals surface area (Å²) in [5, 5.41) is 17.4. The fraction of sp³-hybridized carbons (Fsp3) is 0.500. The van der Waals surface area contributed by atoms with Crippen molar-refractivity contribution < 1.29 is 5.11 Å². The van der Waals surface area contributed by atoms with Gasteiger partial charge in [-0.05, 0) is 24.9 Å². The molecule has 2 atom stereocenters. The summed E-state index contributed by atoms with van der Waals surface area (Å²) >= 11 is 0. The van der Waals surface area contributed by atoms with E-state index in [9.17, 15) is 5.11 Å². The zero-order chi connectivity index (χ0) is 13.0. The molecule has 4 nitrogen and oxygen atoms in total. The largest absolute Gasteiger partial charge is 0.392 e. The lowest BCUT2D eigenvalue weighted by Crippen LogP contribution is -2.42. The molecule has 98 valence electrons. The van der Waals surface area contributed by atoms with E-state index in [1.54, 1.807) is 0 Å². The van der Waals surface area contributed by atoms with Crippen LogP contribution in [0.3, 0.4) is 0 Å². The molecular weight excluding hydrogens is 226 g/mol. The second kappa shape index (κ2) is 5.98. The summed E-state index contributed by atoms with van der Waals surface area (Å²) in [6.07, 6.45) is 1.66. The van der Waals surface area contributed by atoms with Gasteiger partial charge in [0.15, 0.2) is 0 Å². The van der Waals surface area contributed by atoms with Crippen molar-refractivity contribution in [1.29, 1.82) is 5.41 Å². The summed E-state index contributed by atoms with van der Waals surface area (Å²) in [4.78, 5) is 2.20. The first-order valence-electron chi connectivity index (χ1n) is 6.46. The number of hydrogen-bond acceptors (Lipinski definition) is 3. The minimum Gasteiger partial charge on any atom is -0.392 e. The molecule has 4 heteroatoms. The molecule has 1 aliphatic rings. The van der Waals surface area contributed by atoms with Gasteiger partial charge in [0, 0.05) is 13.1 Å². The molecule has 0 radical (unpaired) electrons. The summed E-state index contributed by atoms with van der Waals surface area (Å²) < 4.78 is 0. The summed E-state index contributed by atoms with van der Waals surface area (Å²) in [5.74, 6) is 0.123. The highest BCUT2D eigenvalue weighted by molar-refractivity contribution is 5.84. The Bertz CT molecular complexity index is 393. The number of hydrogen-bond donors (Lipinski definition) is 3. The third kappa shape index (κ3) is 3.31. The minimum absolute atomic E-state index is 0.0727. The van der Waals surface area contributed by atoms with Crippen molar-refractivity contribution in [2.45, 2.75) is 24.9 Å². The fourth-order valence-corrected chi connectivity index (χ4v) is 2.52. The molecule has 0 aromatic heterocycles. The lowest BCUT2D eigenvalue weighted by Gasteiger charge is -2.32. The zero-order valence-corrected chi connectivity index (χ0v) is 10.5. The Labute approximate surface area is 108 Å². The molecular formula is C14H21N3O. The van der Waals surface area contributed by atoms with Gasteiger partial charge in [-0.2, -0.15) is 0 Å². The molecule has 1 aromatic rings. The molecule has 0 spiro atoms. The first-order valence-corrected chi connectivity index (χ1v) is 6.46. The second-order valence-corrected chi connectivity index (χ2v) is 4.97. The molecule has 1 saturated heterocycles. The zero-order valence-electron chi connectivity index (χ0n) is 10.5. The Kier molecular flexibility index (Phi) is 4.33. The number of β-amino-alcohol motifs (C(OH)–C–C–N with tert-alkyl or cyclic N) is 1. The summed E-state index contributed by atoms with van der Waals surface area (Å²) in [7, 11) is 0. The average molecular weight is 247 g/mol. The van der Waals surface area contributed by atoms with E-state index in [1.807, 2.05) is 30.3 Å². The Morgan fingerprint density at radius 1 is 1.44 bits per heavy atom. The van der Waals surface area contributed by atoms with Crippen LogP contribution in [0, 0.1) is 5.41 Å². The van der Waals surface area contributed by atoms with E-state index in [-0.39, 0.29) is 17.9 Å². The van der Waals surface area contributed by atoms with Crippen molar-refractivity contribution in [1.82, 2.24) is 4.90 Å². The number of rotatable bonds is 4. The Hall–Kier alpha value is -1.39. The smallest absolute Gasteiger partial charge is 0.0995 e. The lowest BCUT2D eigenvalue weighted by atomic mass is 9.96. The number of nitrogens with zero attached hydrogens (tertiary/aromatic N) is 1. The normalized spacial score (nSPS) is 22.6. The number of aliphatic hydroxyl groups excluding tert-OH is 1. The van der Waals surface area contributed by atoms with Crippen LogP contribution >= 0.6 is 0 Å². The van der Waals surface area contributed by atoms with Crippen molar-refractivity contribution in [3.05, 3.63) is 35.9 Å². The average Bonchev–Trinajstić information content (AvgIpc) is 2.37. The van der Waals surface area contributed by atoms with E-state index < -0.39 is 0 Å². The van der Waals surface area contributed by atoms with Gasteiger partial charge in [0.25, 0.3) is 0 Å². The number of likely N-dealkylation sites (tertiary alicyclic amines) is 1. The van der Waals surface area contributed by atoms with E-state index in [0.29, 0.717) is 6.54 Å². The van der Waals surface area contributed by atoms with Crippen LogP contribution in [0.15, 0.2) is 30.3 Å². The second-order valence-electron chi connectivity index (χ2n) is 4.97. The van der Waals surface area contributed by atoms with Crippen LogP contribution in [-0.2, 0) is 0 Å². The molecule has 0 saturated carbocycles. The molecule has 2 rings (SSSR count). The first-order chi connectivity index (χ1) is 8.66. The highest BCUT2D eigenvalue weighted by Crippen LogP contribution is 2.19. The number of nitrogens with two attached hydrogens (primary N) is 1. The molecule has 18 heavy (non-hydrogen) atoms. The van der Waals surface area contributed by atoms with Gasteiger partial charge in [-0.3, -0.25) is 10.3 Å². The third-order valence-electron chi connectivity index (χ3n) is 3.50. The maximum atomic E-state index is 9.68. The van der Waals surface area contributed by atoms with E-state index in [4.69, 9.17) is 11.1 Å². The summed E-state index contributed by atoms with van der Waals surface area (Å²) in [6, 6.07) is 9.91. The minimum atomic E-state index is -0.234. The Morgan fingerprint density at radius 3 is 2.78 bits per heavy atom. The SMILES string of the molecule is N=C(N)C(CN1CCCC(O)C1)c1ccccc1. The van der Waals surface area contributed by atoms with Crippen LogP contribution in [-0.4, -0.2) is 41.6 Å². The van der Waals surface area contributed by atoms with Crippen molar-refractivity contribution in [2.75, 3.05) is 19.6 Å². The van der Waals surface area contributed by atoms with Crippen molar-refractivity contribution >= 4 is 5.84 Å². The fourth-order valence-electron chi connectivity index (χ4n) is 2.52. The molecule has 2 unspecified atom stereocenters. The standard InChI is InChI=1S/C14H21N3O/c15-14(16)13(11-5-2-1-3-6-11)10-17-8-4-7-12(18)9-17/h1-3,5-6,12-13,18H,4,7-10H2,(H3,15,16). The first kappa shape index (κ1) is 13.1. The van der Waals surface area contributed by atoms with Crippen LogP contribution in [0.4, 0.5) is 0 Å². The van der Waals surface area contributed by atoms with E-state index in [0.717, 1.165) is 31.5 Å². The Morgan fingerprint density at radius 2 is 2.17 bits per heavy atom. The van der Waals surface area contributed by atoms with Crippen molar-refractivity contribution in [3.63, 3.8) is 0 Å². The van der Waals surface area contributed by atoms with E-state index >= 15 is 0 Å². The molecule has 1 heterocycles. The van der Waals surface area contributed by atoms with E-state index in [2.05, 4.69) is 4.90 Å². The van der Waals surface area contributed by atoms with Crippen LogP contribution in [0.2, 0.25) is 0 Å². The van der Waals surface area contributed by atoms with Crippen LogP contribution in [0.25, 0.3) is 0 Å². The molecule has 0 aliphatic carbocycles. The van der Waals surface area contributed by atoms with Crippen molar-refractivity contribution in [3.8, 4) is 0 Å². The van der Waals surface area contributed by atoms with Crippen LogP contribution in [0.1, 0.15) is 24.3 Å². The van der Waals surface area contributed by atoms with Gasteiger partial charge >= 0.3 is 0 Å². The highest BCUT2D eigenvalue weighted by Gasteiger charge is 2.23. The maximum Gasteiger partial charge on any atom is 0.0995 e. The predicted octanol–water partition coefficient (Wildman–Crippen LogP) is 1.16. The number of piperidine rings is 1. The van der Waals surface area contributed by atoms with Gasteiger partial charge in [-0.25, -0.2) is 0 Å². The van der Waals surface area contributed by atoms with Gasteiger partial charge in [-0.15, -0.1) is 0 Å². The van der Waals surface area contributed by atoms with Crippen LogP contribution in [0.5, 0.6) is 0 Å². The molecule has 0 bridgehead atoms. The maximum absolute atomic E-state index is 9.68. The molecule has 0 amide bonds. The van der Waals surface area contributed by atoms with Crippen LogP contribution < -0.4 is 5.73 Å². The van der Waals surface area contributed by atoms with Gasteiger partial charge in [0.1, 0.15) is 0 Å². The third-order valence-corrected chi connectivity index (χ3v) is 3.50. The number of nitrogens with one attached hydrogen (secondary N) is 1.